The molecule has 0 aliphatic heterocycles. The molecule has 0 aliphatic rings. The summed E-state index contributed by atoms with van der Waals surface area (Å²) in [4.78, 5) is 25.2. The summed E-state index contributed by atoms with van der Waals surface area (Å²) in [6, 6.07) is 7.07. The highest BCUT2D eigenvalue weighted by molar-refractivity contribution is 5.78. The maximum atomic E-state index is 12.3. The molecule has 0 radical (unpaired) electrons. The Morgan fingerprint density at radius 1 is 1.17 bits per heavy atom. The Bertz CT molecular complexity index is 515. The van der Waals surface area contributed by atoms with Crippen LogP contribution in [0, 0.1) is 5.92 Å². The number of ether oxygens (including phenoxy) is 3. The second kappa shape index (κ2) is 9.71. The van der Waals surface area contributed by atoms with Gasteiger partial charge in [0.2, 0.25) is 0 Å². The molecule has 128 valence electrons. The van der Waals surface area contributed by atoms with Crippen LogP contribution < -0.4 is 9.47 Å². The second-order valence-corrected chi connectivity index (χ2v) is 5.53. The van der Waals surface area contributed by atoms with Crippen molar-refractivity contribution < 1.29 is 23.8 Å². The van der Waals surface area contributed by atoms with Gasteiger partial charge in [0.05, 0.1) is 20.6 Å². The molecule has 0 aromatic heterocycles. The average Bonchev–Trinajstić information content (AvgIpc) is 2.55. The number of hydrogen-bond acceptors (Lipinski definition) is 5. The van der Waals surface area contributed by atoms with Crippen molar-refractivity contribution in [2.75, 3.05) is 33.9 Å². The predicted molar refractivity (Wildman–Crippen MR) is 86.5 cm³/mol. The van der Waals surface area contributed by atoms with Gasteiger partial charge in [-0.3, -0.25) is 9.59 Å². The molecule has 6 heteroatoms. The van der Waals surface area contributed by atoms with Crippen molar-refractivity contribution in [3.63, 3.8) is 0 Å². The van der Waals surface area contributed by atoms with Gasteiger partial charge in [0, 0.05) is 19.2 Å². The molecule has 0 heterocycles. The normalized spacial score (nSPS) is 10.3. The van der Waals surface area contributed by atoms with E-state index in [0.717, 1.165) is 0 Å². The molecule has 23 heavy (non-hydrogen) atoms. The number of methoxy groups -OCH3 is 2. The molecular weight excluding hydrogens is 298 g/mol. The van der Waals surface area contributed by atoms with Gasteiger partial charge in [0.25, 0.3) is 5.91 Å². The van der Waals surface area contributed by atoms with E-state index in [9.17, 15) is 9.59 Å². The first kappa shape index (κ1) is 18.8. The van der Waals surface area contributed by atoms with Crippen LogP contribution in [0.4, 0.5) is 0 Å². The van der Waals surface area contributed by atoms with E-state index in [-0.39, 0.29) is 24.9 Å². The van der Waals surface area contributed by atoms with Crippen molar-refractivity contribution in [3.8, 4) is 11.5 Å². The number of benzene rings is 1. The summed E-state index contributed by atoms with van der Waals surface area (Å²) < 4.78 is 15.2. The van der Waals surface area contributed by atoms with Gasteiger partial charge in [-0.25, -0.2) is 0 Å². The molecule has 0 N–H and O–H groups in total. The highest BCUT2D eigenvalue weighted by Crippen LogP contribution is 2.18. The van der Waals surface area contributed by atoms with E-state index in [1.54, 1.807) is 36.3 Å². The van der Waals surface area contributed by atoms with E-state index in [1.165, 1.54) is 7.11 Å². The van der Waals surface area contributed by atoms with Crippen LogP contribution in [0.2, 0.25) is 0 Å². The summed E-state index contributed by atoms with van der Waals surface area (Å²) in [5, 5.41) is 0. The largest absolute Gasteiger partial charge is 0.497 e. The van der Waals surface area contributed by atoms with Crippen LogP contribution in [-0.4, -0.2) is 50.7 Å². The molecule has 0 bridgehead atoms. The number of rotatable bonds is 9. The third kappa shape index (κ3) is 7.04. The maximum Gasteiger partial charge on any atom is 0.307 e. The molecule has 0 spiro atoms. The molecule has 0 saturated carbocycles. The highest BCUT2D eigenvalue weighted by atomic mass is 16.5. The van der Waals surface area contributed by atoms with Crippen LogP contribution in [-0.2, 0) is 14.3 Å². The minimum absolute atomic E-state index is 0.0823. The summed E-state index contributed by atoms with van der Waals surface area (Å²) in [6.45, 7) is 4.84. The van der Waals surface area contributed by atoms with E-state index >= 15 is 0 Å². The third-order valence-electron chi connectivity index (χ3n) is 3.16. The van der Waals surface area contributed by atoms with Gasteiger partial charge in [-0.2, -0.15) is 0 Å². The number of hydrogen-bond donors (Lipinski definition) is 0. The summed E-state index contributed by atoms with van der Waals surface area (Å²) in [7, 11) is 2.91. The quantitative estimate of drug-likeness (QED) is 0.651. The lowest BCUT2D eigenvalue weighted by molar-refractivity contribution is -0.142. The molecule has 1 aromatic carbocycles. The van der Waals surface area contributed by atoms with Gasteiger partial charge in [-0.15, -0.1) is 0 Å². The molecule has 6 nitrogen and oxygen atoms in total. The summed E-state index contributed by atoms with van der Waals surface area (Å²) >= 11 is 0. The van der Waals surface area contributed by atoms with E-state index in [4.69, 9.17) is 9.47 Å². The van der Waals surface area contributed by atoms with Crippen molar-refractivity contribution in [2.24, 2.45) is 5.92 Å². The van der Waals surface area contributed by atoms with Crippen LogP contribution in [0.5, 0.6) is 11.5 Å². The lowest BCUT2D eigenvalue weighted by Crippen LogP contribution is -2.39. The average molecular weight is 323 g/mol. The smallest absolute Gasteiger partial charge is 0.307 e. The zero-order valence-corrected chi connectivity index (χ0v) is 14.2. The standard InChI is InChI=1S/C17H25NO5/c1-13(2)11-18(9-8-17(20)22-4)16(19)12-23-15-7-5-6-14(10-15)21-3/h5-7,10,13H,8-9,11-12H2,1-4H3. The van der Waals surface area contributed by atoms with Crippen LogP contribution in [0.15, 0.2) is 24.3 Å². The summed E-state index contributed by atoms with van der Waals surface area (Å²) in [5.41, 5.74) is 0. The van der Waals surface area contributed by atoms with Gasteiger partial charge < -0.3 is 19.1 Å². The Hall–Kier alpha value is -2.24. The molecule has 1 aromatic rings. The van der Waals surface area contributed by atoms with Crippen molar-refractivity contribution in [2.45, 2.75) is 20.3 Å². The number of amides is 1. The van der Waals surface area contributed by atoms with Gasteiger partial charge in [-0.1, -0.05) is 19.9 Å². The summed E-state index contributed by atoms with van der Waals surface area (Å²) in [5.74, 6) is 1.04. The minimum atomic E-state index is -0.333. The van der Waals surface area contributed by atoms with Crippen molar-refractivity contribution in [1.82, 2.24) is 4.90 Å². The SMILES string of the molecule is COC(=O)CCN(CC(C)C)C(=O)COc1cccc(OC)c1. The zero-order chi connectivity index (χ0) is 17.2. The van der Waals surface area contributed by atoms with Crippen molar-refractivity contribution in [1.29, 1.82) is 0 Å². The summed E-state index contributed by atoms with van der Waals surface area (Å²) in [6.07, 6.45) is 0.175. The van der Waals surface area contributed by atoms with Gasteiger partial charge in [0.15, 0.2) is 6.61 Å². The van der Waals surface area contributed by atoms with Crippen molar-refractivity contribution >= 4 is 11.9 Å². The number of carbonyl (C=O) groups is 2. The Kier molecular flexibility index (Phi) is 7.94. The third-order valence-corrected chi connectivity index (χ3v) is 3.16. The van der Waals surface area contributed by atoms with Crippen LogP contribution in [0.1, 0.15) is 20.3 Å². The van der Waals surface area contributed by atoms with E-state index < -0.39 is 0 Å². The molecule has 0 atom stereocenters. The van der Waals surface area contributed by atoms with Gasteiger partial charge >= 0.3 is 5.97 Å². The predicted octanol–water partition coefficient (Wildman–Crippen LogP) is 2.12. The lowest BCUT2D eigenvalue weighted by Gasteiger charge is -2.24. The molecule has 0 aliphatic carbocycles. The van der Waals surface area contributed by atoms with Crippen LogP contribution in [0.25, 0.3) is 0 Å². The lowest BCUT2D eigenvalue weighted by atomic mass is 10.2. The Balaban J connectivity index is 2.59. The van der Waals surface area contributed by atoms with Crippen molar-refractivity contribution in [3.05, 3.63) is 24.3 Å². The van der Waals surface area contributed by atoms with E-state index in [1.807, 2.05) is 13.8 Å². The van der Waals surface area contributed by atoms with E-state index in [2.05, 4.69) is 4.74 Å². The molecule has 0 saturated heterocycles. The maximum absolute atomic E-state index is 12.3. The topological polar surface area (TPSA) is 65.1 Å². The van der Waals surface area contributed by atoms with Gasteiger partial charge in [-0.05, 0) is 18.1 Å². The highest BCUT2D eigenvalue weighted by Gasteiger charge is 2.17. The number of carbonyl (C=O) groups excluding carboxylic acids is 2. The molecule has 1 amide bonds. The van der Waals surface area contributed by atoms with Crippen LogP contribution >= 0.6 is 0 Å². The first-order chi connectivity index (χ1) is 11.0. The Labute approximate surface area is 137 Å². The molecule has 0 fully saturated rings. The fourth-order valence-electron chi connectivity index (χ4n) is 2.01. The van der Waals surface area contributed by atoms with Crippen LogP contribution in [0.3, 0.4) is 0 Å². The fraction of sp³-hybridized carbons (Fsp3) is 0.529. The molecule has 0 unspecified atom stereocenters. The molecule has 1 rings (SSSR count). The Morgan fingerprint density at radius 2 is 1.87 bits per heavy atom. The minimum Gasteiger partial charge on any atom is -0.497 e. The monoisotopic (exact) mass is 323 g/mol. The van der Waals surface area contributed by atoms with Gasteiger partial charge in [0.1, 0.15) is 11.5 Å². The number of nitrogens with zero attached hydrogens (tertiary/aromatic N) is 1. The Morgan fingerprint density at radius 3 is 2.48 bits per heavy atom. The zero-order valence-electron chi connectivity index (χ0n) is 14.2. The fourth-order valence-corrected chi connectivity index (χ4v) is 2.01. The first-order valence-corrected chi connectivity index (χ1v) is 7.57. The molecular formula is C17H25NO5. The number of esters is 1. The first-order valence-electron chi connectivity index (χ1n) is 7.57. The van der Waals surface area contributed by atoms with E-state index in [0.29, 0.717) is 30.5 Å². The second-order valence-electron chi connectivity index (χ2n) is 5.53.